The Labute approximate surface area is 97.1 Å². The fourth-order valence-electron chi connectivity index (χ4n) is 2.44. The maximum Gasteiger partial charge on any atom is 0.183 e. The monoisotopic (exact) mass is 226 g/mol. The first-order valence-electron chi connectivity index (χ1n) is 4.50. The van der Waals surface area contributed by atoms with Crippen molar-refractivity contribution in [2.75, 3.05) is 0 Å². The van der Waals surface area contributed by atoms with E-state index >= 15 is 0 Å². The smallest absolute Gasteiger partial charge is 0.183 e. The Kier molecular flexibility index (Phi) is 4.29. The van der Waals surface area contributed by atoms with Gasteiger partial charge in [0, 0.05) is 18.9 Å². The summed E-state index contributed by atoms with van der Waals surface area (Å²) >= 11 is 0. The first kappa shape index (κ1) is 14.1. The molecular formula is C6H21LiN3Si3. The predicted octanol–water partition coefficient (Wildman–Crippen LogP) is 0.493. The van der Waals surface area contributed by atoms with Gasteiger partial charge in [0.2, 0.25) is 0 Å². The average molecular weight is 226 g/mol. The van der Waals surface area contributed by atoms with Crippen molar-refractivity contribution in [2.45, 2.75) is 39.3 Å². The molecule has 1 rings (SSSR count). The molecule has 0 spiro atoms. The summed E-state index contributed by atoms with van der Waals surface area (Å²) < 4.78 is 11.3. The molecule has 0 atom stereocenters. The molecule has 0 aromatic heterocycles. The minimum absolute atomic E-state index is 0. The van der Waals surface area contributed by atoms with Crippen molar-refractivity contribution < 1.29 is 0 Å². The normalized spacial score (nSPS) is 29.1. The molecule has 0 aromatic carbocycles. The molecule has 3 N–H and O–H groups in total. The molecule has 1 aliphatic rings. The number of rotatable bonds is 0. The summed E-state index contributed by atoms with van der Waals surface area (Å²) in [5, 5.41) is 0. The van der Waals surface area contributed by atoms with Gasteiger partial charge in [-0.2, -0.15) is 0 Å². The van der Waals surface area contributed by atoms with Gasteiger partial charge in [-0.15, -0.1) is 0 Å². The second-order valence-corrected chi connectivity index (χ2v) is 18.0. The van der Waals surface area contributed by atoms with Gasteiger partial charge in [0.1, 0.15) is 0 Å². The van der Waals surface area contributed by atoms with E-state index in [2.05, 4.69) is 53.2 Å². The first-order valence-corrected chi connectivity index (χ1v) is 13.5. The molecule has 0 aliphatic carbocycles. The van der Waals surface area contributed by atoms with Gasteiger partial charge >= 0.3 is 0 Å². The van der Waals surface area contributed by atoms with Crippen molar-refractivity contribution in [3.63, 3.8) is 0 Å². The van der Waals surface area contributed by atoms with Crippen molar-refractivity contribution in [2.24, 2.45) is 0 Å². The Bertz CT molecular complexity index is 150. The largest absolute Gasteiger partial charge is 0.336 e. The topological polar surface area (TPSA) is 36.1 Å². The summed E-state index contributed by atoms with van der Waals surface area (Å²) in [6, 6.07) is 0. The van der Waals surface area contributed by atoms with E-state index in [-0.39, 0.29) is 18.9 Å². The van der Waals surface area contributed by atoms with Gasteiger partial charge < -0.3 is 13.9 Å². The summed E-state index contributed by atoms with van der Waals surface area (Å²) in [5.74, 6) is 0. The first-order chi connectivity index (χ1) is 5.12. The van der Waals surface area contributed by atoms with Crippen LogP contribution in [0.15, 0.2) is 0 Å². The van der Waals surface area contributed by atoms with Crippen LogP contribution in [0.5, 0.6) is 0 Å². The molecule has 0 bridgehead atoms. The van der Waals surface area contributed by atoms with Crippen LogP contribution in [0.3, 0.4) is 0 Å². The van der Waals surface area contributed by atoms with Crippen LogP contribution in [0.4, 0.5) is 0 Å². The van der Waals surface area contributed by atoms with E-state index in [0.29, 0.717) is 0 Å². The second kappa shape index (κ2) is 3.94. The predicted molar refractivity (Wildman–Crippen MR) is 67.6 cm³/mol. The number of hydrogen-bond acceptors (Lipinski definition) is 3. The third kappa shape index (κ3) is 4.44. The average Bonchev–Trinajstić information content (AvgIpc) is 1.44. The quantitative estimate of drug-likeness (QED) is 0.526. The van der Waals surface area contributed by atoms with Gasteiger partial charge in [0.25, 0.3) is 0 Å². The van der Waals surface area contributed by atoms with Crippen molar-refractivity contribution in [1.82, 2.24) is 13.9 Å². The molecule has 1 heterocycles. The molecule has 0 amide bonds. The Hall–Kier alpha value is 1.13. The maximum atomic E-state index is 3.78. The molecule has 73 valence electrons. The molecule has 13 heavy (non-hydrogen) atoms. The summed E-state index contributed by atoms with van der Waals surface area (Å²) in [5.41, 5.74) is 0. The van der Waals surface area contributed by atoms with E-state index in [9.17, 15) is 0 Å². The van der Waals surface area contributed by atoms with E-state index in [4.69, 9.17) is 0 Å². The van der Waals surface area contributed by atoms with E-state index in [1.165, 1.54) is 0 Å². The fraction of sp³-hybridized carbons (Fsp3) is 1.00. The van der Waals surface area contributed by atoms with Gasteiger partial charge in [-0.3, -0.25) is 0 Å². The zero-order chi connectivity index (χ0) is 9.62. The van der Waals surface area contributed by atoms with Crippen molar-refractivity contribution in [1.29, 1.82) is 0 Å². The summed E-state index contributed by atoms with van der Waals surface area (Å²) in [6.45, 7) is 14.2. The molecule has 1 fully saturated rings. The third-order valence-electron chi connectivity index (χ3n) is 1.88. The summed E-state index contributed by atoms with van der Waals surface area (Å²) in [4.78, 5) is 0. The molecule has 1 saturated heterocycles. The van der Waals surface area contributed by atoms with Crippen LogP contribution >= 0.6 is 0 Å². The van der Waals surface area contributed by atoms with Crippen LogP contribution in [-0.4, -0.2) is 44.1 Å². The molecule has 0 aromatic rings. The minimum atomic E-state index is -1.30. The van der Waals surface area contributed by atoms with E-state index in [1.807, 2.05) is 0 Å². The van der Waals surface area contributed by atoms with Crippen LogP contribution < -0.4 is 13.9 Å². The summed E-state index contributed by atoms with van der Waals surface area (Å²) in [6.07, 6.45) is 0. The zero-order valence-electron chi connectivity index (χ0n) is 10.0. The molecule has 0 unspecified atom stereocenters. The number of hydrogen-bond donors (Lipinski definition) is 3. The molecule has 0 saturated carbocycles. The molecule has 1 radical (unpaired) electrons. The van der Waals surface area contributed by atoms with Crippen molar-refractivity contribution in [3.8, 4) is 0 Å². The zero-order valence-corrected chi connectivity index (χ0v) is 13.0. The molecule has 3 nitrogen and oxygen atoms in total. The van der Waals surface area contributed by atoms with E-state index in [1.54, 1.807) is 0 Å². The van der Waals surface area contributed by atoms with Crippen LogP contribution in [-0.2, 0) is 0 Å². The van der Waals surface area contributed by atoms with Gasteiger partial charge in [-0.1, -0.05) is 0 Å². The Morgan fingerprint density at radius 2 is 0.692 bits per heavy atom. The SMILES string of the molecule is C[Si]1(C)N[Si](C)(C)N[Si](C)(C)N1.[Li]. The number of nitrogens with one attached hydrogen (secondary N) is 3. The minimum Gasteiger partial charge on any atom is -0.336 e. The maximum absolute atomic E-state index is 3.78. The van der Waals surface area contributed by atoms with Crippen LogP contribution in [0.25, 0.3) is 0 Å². The fourth-order valence-corrected chi connectivity index (χ4v) is 23.6. The molecule has 7 heteroatoms. The molecule has 1 aliphatic heterocycles. The third-order valence-corrected chi connectivity index (χ3v) is 16.9. The van der Waals surface area contributed by atoms with Gasteiger partial charge in [0.05, 0.1) is 0 Å². The Morgan fingerprint density at radius 1 is 0.538 bits per heavy atom. The van der Waals surface area contributed by atoms with Gasteiger partial charge in [0.15, 0.2) is 25.2 Å². The second-order valence-electron chi connectivity index (χ2n) is 5.25. The Morgan fingerprint density at radius 3 is 0.846 bits per heavy atom. The van der Waals surface area contributed by atoms with E-state index < -0.39 is 25.2 Å². The van der Waals surface area contributed by atoms with Gasteiger partial charge in [-0.25, -0.2) is 0 Å². The van der Waals surface area contributed by atoms with Crippen molar-refractivity contribution >= 4 is 44.1 Å². The Balaban J connectivity index is 0.00000144. The van der Waals surface area contributed by atoms with Crippen molar-refractivity contribution in [3.05, 3.63) is 0 Å². The van der Waals surface area contributed by atoms with Crippen LogP contribution in [0.1, 0.15) is 0 Å². The summed E-state index contributed by atoms with van der Waals surface area (Å²) in [7, 11) is -3.90. The molecular weight excluding hydrogens is 205 g/mol. The van der Waals surface area contributed by atoms with Crippen LogP contribution in [0.2, 0.25) is 39.3 Å². The van der Waals surface area contributed by atoms with Gasteiger partial charge in [-0.05, 0) is 39.3 Å². The van der Waals surface area contributed by atoms with E-state index in [0.717, 1.165) is 0 Å². The van der Waals surface area contributed by atoms with Crippen LogP contribution in [0, 0.1) is 0 Å². The standard InChI is InChI=1S/C6H21N3Si3.Li/c1-10(2)7-11(3,4)9-12(5,6)8-10;/h7-9H,1-6H3;.